The van der Waals surface area contributed by atoms with Gasteiger partial charge in [-0.15, -0.1) is 11.3 Å². The van der Waals surface area contributed by atoms with Crippen molar-refractivity contribution in [3.63, 3.8) is 0 Å². The number of ether oxygens (including phenoxy) is 2. The summed E-state index contributed by atoms with van der Waals surface area (Å²) in [5.74, 6) is 2.63. The fourth-order valence-electron chi connectivity index (χ4n) is 4.77. The summed E-state index contributed by atoms with van der Waals surface area (Å²) >= 11 is 2.11. The van der Waals surface area contributed by atoms with Gasteiger partial charge in [-0.3, -0.25) is 4.90 Å². The lowest BCUT2D eigenvalue weighted by atomic mass is 9.84. The molecule has 1 aromatic carbocycles. The van der Waals surface area contributed by atoms with Gasteiger partial charge in [-0.1, -0.05) is 6.07 Å². The molecule has 3 nitrogen and oxygen atoms in total. The van der Waals surface area contributed by atoms with Gasteiger partial charge < -0.3 is 9.47 Å². The smallest absolute Gasteiger partial charge is 0.165 e. The monoisotopic (exact) mass is 355 g/mol. The van der Waals surface area contributed by atoms with Gasteiger partial charge in [0.1, 0.15) is 0 Å². The Morgan fingerprint density at radius 3 is 2.72 bits per heavy atom. The molecule has 1 aromatic heterocycles. The SMILES string of the molecule is COc1ccc2c(c1OC)CN1CCc3sc(C4CC4)c(C)c3[C@@H]1C2. The summed E-state index contributed by atoms with van der Waals surface area (Å²) in [6.07, 6.45) is 5.08. The van der Waals surface area contributed by atoms with Crippen LogP contribution in [0.2, 0.25) is 0 Å². The van der Waals surface area contributed by atoms with Crippen molar-refractivity contribution in [2.24, 2.45) is 0 Å². The van der Waals surface area contributed by atoms with Crippen molar-refractivity contribution >= 4 is 11.3 Å². The lowest BCUT2D eigenvalue weighted by molar-refractivity contribution is 0.158. The molecule has 0 amide bonds. The Balaban J connectivity index is 1.57. The molecule has 1 aliphatic carbocycles. The number of hydrogen-bond donors (Lipinski definition) is 0. The van der Waals surface area contributed by atoms with Crippen LogP contribution in [0.5, 0.6) is 11.5 Å². The molecule has 1 fully saturated rings. The highest BCUT2D eigenvalue weighted by Crippen LogP contribution is 2.52. The number of thiophene rings is 1. The molecule has 132 valence electrons. The van der Waals surface area contributed by atoms with E-state index in [1.807, 2.05) is 0 Å². The third kappa shape index (κ3) is 2.34. The van der Waals surface area contributed by atoms with Gasteiger partial charge in [-0.05, 0) is 61.3 Å². The molecule has 0 unspecified atom stereocenters. The maximum absolute atomic E-state index is 5.70. The molecule has 5 rings (SSSR count). The van der Waals surface area contributed by atoms with Crippen LogP contribution < -0.4 is 9.47 Å². The number of benzene rings is 1. The normalized spacial score (nSPS) is 22.1. The van der Waals surface area contributed by atoms with Crippen molar-refractivity contribution in [1.29, 1.82) is 0 Å². The molecule has 25 heavy (non-hydrogen) atoms. The largest absolute Gasteiger partial charge is 0.493 e. The molecule has 2 aliphatic heterocycles. The average Bonchev–Trinajstić information content (AvgIpc) is 3.42. The van der Waals surface area contributed by atoms with E-state index in [2.05, 4.69) is 35.3 Å². The highest BCUT2D eigenvalue weighted by Gasteiger charge is 2.38. The van der Waals surface area contributed by atoms with Gasteiger partial charge >= 0.3 is 0 Å². The van der Waals surface area contributed by atoms with E-state index in [1.54, 1.807) is 35.1 Å². The number of hydrogen-bond acceptors (Lipinski definition) is 4. The fourth-order valence-corrected chi connectivity index (χ4v) is 6.30. The van der Waals surface area contributed by atoms with Crippen molar-refractivity contribution < 1.29 is 9.47 Å². The summed E-state index contributed by atoms with van der Waals surface area (Å²) in [7, 11) is 3.47. The van der Waals surface area contributed by atoms with E-state index >= 15 is 0 Å². The van der Waals surface area contributed by atoms with E-state index in [0.717, 1.165) is 36.9 Å². The Labute approximate surface area is 153 Å². The standard InChI is InChI=1S/C21H25NO2S/c1-12-19-16-10-14-6-7-17(23-2)20(24-3)15(14)11-22(16)9-8-18(19)25-21(12)13-4-5-13/h6-7,13,16H,4-5,8-11H2,1-3H3/t16-/m0/s1. The van der Waals surface area contributed by atoms with Crippen LogP contribution >= 0.6 is 11.3 Å². The van der Waals surface area contributed by atoms with E-state index in [9.17, 15) is 0 Å². The topological polar surface area (TPSA) is 21.7 Å². The van der Waals surface area contributed by atoms with Gasteiger partial charge in [0.2, 0.25) is 0 Å². The van der Waals surface area contributed by atoms with Crippen LogP contribution in [-0.2, 0) is 19.4 Å². The summed E-state index contributed by atoms with van der Waals surface area (Å²) < 4.78 is 11.2. The molecule has 0 saturated heterocycles. The van der Waals surface area contributed by atoms with Crippen LogP contribution in [-0.4, -0.2) is 25.7 Å². The lowest BCUT2D eigenvalue weighted by Gasteiger charge is -2.41. The quantitative estimate of drug-likeness (QED) is 0.803. The minimum absolute atomic E-state index is 0.540. The lowest BCUT2D eigenvalue weighted by Crippen LogP contribution is -2.39. The molecule has 2 aromatic rings. The van der Waals surface area contributed by atoms with Crippen molar-refractivity contribution in [1.82, 2.24) is 4.90 Å². The second-order valence-electron chi connectivity index (χ2n) is 7.58. The summed E-state index contributed by atoms with van der Waals surface area (Å²) in [6, 6.07) is 4.84. The summed E-state index contributed by atoms with van der Waals surface area (Å²) in [6.45, 7) is 4.49. The van der Waals surface area contributed by atoms with Gasteiger partial charge in [0.15, 0.2) is 11.5 Å². The van der Waals surface area contributed by atoms with E-state index in [1.165, 1.54) is 30.4 Å². The summed E-state index contributed by atoms with van der Waals surface area (Å²) in [5, 5.41) is 0. The molecule has 4 heteroatoms. The number of rotatable bonds is 3. The average molecular weight is 356 g/mol. The molecule has 1 saturated carbocycles. The highest BCUT2D eigenvalue weighted by atomic mass is 32.1. The van der Waals surface area contributed by atoms with Gasteiger partial charge in [0.05, 0.1) is 14.2 Å². The zero-order chi connectivity index (χ0) is 17.1. The predicted molar refractivity (Wildman–Crippen MR) is 101 cm³/mol. The Bertz CT molecular complexity index is 837. The van der Waals surface area contributed by atoms with Crippen LogP contribution in [0.15, 0.2) is 12.1 Å². The van der Waals surface area contributed by atoms with E-state index < -0.39 is 0 Å². The van der Waals surface area contributed by atoms with E-state index in [-0.39, 0.29) is 0 Å². The maximum atomic E-state index is 5.70. The minimum Gasteiger partial charge on any atom is -0.493 e. The van der Waals surface area contributed by atoms with Crippen molar-refractivity contribution in [2.75, 3.05) is 20.8 Å². The zero-order valence-electron chi connectivity index (χ0n) is 15.2. The van der Waals surface area contributed by atoms with Crippen LogP contribution in [0.25, 0.3) is 0 Å². The Hall–Kier alpha value is -1.52. The molecular formula is C21H25NO2S. The Morgan fingerprint density at radius 2 is 2.00 bits per heavy atom. The molecule has 1 atom stereocenters. The second kappa shape index (κ2) is 5.75. The third-order valence-electron chi connectivity index (χ3n) is 6.18. The number of methoxy groups -OCH3 is 2. The Morgan fingerprint density at radius 1 is 1.16 bits per heavy atom. The van der Waals surface area contributed by atoms with Crippen molar-refractivity contribution in [3.8, 4) is 11.5 Å². The minimum atomic E-state index is 0.540. The van der Waals surface area contributed by atoms with Gasteiger partial charge in [-0.25, -0.2) is 0 Å². The van der Waals surface area contributed by atoms with Crippen molar-refractivity contribution in [3.05, 3.63) is 44.1 Å². The zero-order valence-corrected chi connectivity index (χ0v) is 16.0. The second-order valence-corrected chi connectivity index (χ2v) is 8.72. The molecule has 3 heterocycles. The van der Waals surface area contributed by atoms with E-state index in [0.29, 0.717) is 6.04 Å². The molecular weight excluding hydrogens is 330 g/mol. The van der Waals surface area contributed by atoms with Crippen LogP contribution in [0, 0.1) is 6.92 Å². The van der Waals surface area contributed by atoms with Crippen LogP contribution in [0.4, 0.5) is 0 Å². The van der Waals surface area contributed by atoms with Gasteiger partial charge in [0.25, 0.3) is 0 Å². The Kier molecular flexibility index (Phi) is 3.61. The first-order chi connectivity index (χ1) is 12.2. The third-order valence-corrected chi connectivity index (χ3v) is 7.71. The molecule has 0 spiro atoms. The van der Waals surface area contributed by atoms with E-state index in [4.69, 9.17) is 9.47 Å². The highest BCUT2D eigenvalue weighted by molar-refractivity contribution is 7.12. The predicted octanol–water partition coefficient (Wildman–Crippen LogP) is 4.61. The molecule has 0 N–H and O–H groups in total. The maximum Gasteiger partial charge on any atom is 0.165 e. The summed E-state index contributed by atoms with van der Waals surface area (Å²) in [5.41, 5.74) is 5.99. The van der Waals surface area contributed by atoms with Crippen molar-refractivity contribution in [2.45, 2.75) is 51.1 Å². The fraction of sp³-hybridized carbons (Fsp3) is 0.524. The van der Waals surface area contributed by atoms with Crippen LogP contribution in [0.1, 0.15) is 56.8 Å². The first kappa shape index (κ1) is 15.7. The molecule has 0 bridgehead atoms. The number of nitrogens with zero attached hydrogens (tertiary/aromatic N) is 1. The summed E-state index contributed by atoms with van der Waals surface area (Å²) in [4.78, 5) is 6.00. The first-order valence-corrected chi connectivity index (χ1v) is 10.1. The molecule has 0 radical (unpaired) electrons. The number of fused-ring (bicyclic) bond motifs is 4. The van der Waals surface area contributed by atoms with Crippen LogP contribution in [0.3, 0.4) is 0 Å². The van der Waals surface area contributed by atoms with Gasteiger partial charge in [0, 0.05) is 34.4 Å². The first-order valence-electron chi connectivity index (χ1n) is 9.30. The van der Waals surface area contributed by atoms with Gasteiger partial charge in [-0.2, -0.15) is 0 Å². The molecule has 3 aliphatic rings.